The molecule has 0 bridgehead atoms. The van der Waals surface area contributed by atoms with Crippen molar-refractivity contribution in [3.05, 3.63) is 71.8 Å². The summed E-state index contributed by atoms with van der Waals surface area (Å²) >= 11 is 0. The Hall–Kier alpha value is -1.68. The fourth-order valence-electron chi connectivity index (χ4n) is 2.66. The SMILES string of the molecule is COCCO[C@H](c1ccccc1)[C@H](NC(C)C)c1ccccc1. The van der Waals surface area contributed by atoms with Crippen LogP contribution in [0.4, 0.5) is 0 Å². The van der Waals surface area contributed by atoms with Gasteiger partial charge in [-0.05, 0) is 11.1 Å². The molecule has 0 spiro atoms. The zero-order chi connectivity index (χ0) is 16.5. The van der Waals surface area contributed by atoms with Gasteiger partial charge in [-0.25, -0.2) is 0 Å². The van der Waals surface area contributed by atoms with Crippen molar-refractivity contribution in [2.75, 3.05) is 20.3 Å². The molecule has 124 valence electrons. The fourth-order valence-corrected chi connectivity index (χ4v) is 2.66. The van der Waals surface area contributed by atoms with E-state index in [-0.39, 0.29) is 12.1 Å². The number of nitrogens with one attached hydrogen (secondary N) is 1. The van der Waals surface area contributed by atoms with E-state index in [1.54, 1.807) is 7.11 Å². The minimum atomic E-state index is -0.0591. The van der Waals surface area contributed by atoms with Crippen LogP contribution in [-0.2, 0) is 9.47 Å². The molecular weight excluding hydrogens is 286 g/mol. The molecule has 23 heavy (non-hydrogen) atoms. The average molecular weight is 313 g/mol. The maximum Gasteiger partial charge on any atom is 0.102 e. The van der Waals surface area contributed by atoms with E-state index in [9.17, 15) is 0 Å². The molecular formula is C20H27NO2. The van der Waals surface area contributed by atoms with Crippen LogP contribution < -0.4 is 5.32 Å². The highest BCUT2D eigenvalue weighted by atomic mass is 16.5. The third-order valence-electron chi connectivity index (χ3n) is 3.69. The number of rotatable bonds is 9. The standard InChI is InChI=1S/C20H27NO2/c1-16(2)21-19(17-10-6-4-7-11-17)20(23-15-14-22-3)18-12-8-5-9-13-18/h4-13,16,19-21H,14-15H2,1-3H3/t19-,20-/m1/s1. The highest BCUT2D eigenvalue weighted by molar-refractivity contribution is 5.26. The van der Waals surface area contributed by atoms with Crippen LogP contribution in [-0.4, -0.2) is 26.4 Å². The summed E-state index contributed by atoms with van der Waals surface area (Å²) in [5, 5.41) is 3.66. The van der Waals surface area contributed by atoms with Crippen molar-refractivity contribution in [1.82, 2.24) is 5.32 Å². The predicted molar refractivity (Wildman–Crippen MR) is 94.5 cm³/mol. The summed E-state index contributed by atoms with van der Waals surface area (Å²) in [6, 6.07) is 21.3. The Balaban J connectivity index is 2.30. The molecule has 0 amide bonds. The first-order chi connectivity index (χ1) is 11.2. The van der Waals surface area contributed by atoms with E-state index in [2.05, 4.69) is 67.7 Å². The molecule has 0 saturated heterocycles. The normalized spacial score (nSPS) is 13.9. The lowest BCUT2D eigenvalue weighted by molar-refractivity contribution is -0.00565. The summed E-state index contributed by atoms with van der Waals surface area (Å²) in [5.74, 6) is 0. The van der Waals surface area contributed by atoms with Crippen molar-refractivity contribution < 1.29 is 9.47 Å². The van der Waals surface area contributed by atoms with E-state index in [0.29, 0.717) is 19.3 Å². The third-order valence-corrected chi connectivity index (χ3v) is 3.69. The Kier molecular flexibility index (Phi) is 7.27. The second-order valence-electron chi connectivity index (χ2n) is 5.90. The molecule has 2 atom stereocenters. The molecule has 2 rings (SSSR count). The zero-order valence-corrected chi connectivity index (χ0v) is 14.2. The van der Waals surface area contributed by atoms with Crippen molar-refractivity contribution in [2.45, 2.75) is 32.0 Å². The van der Waals surface area contributed by atoms with E-state index in [4.69, 9.17) is 9.47 Å². The first-order valence-corrected chi connectivity index (χ1v) is 8.19. The Morgan fingerprint density at radius 2 is 1.39 bits per heavy atom. The Labute approximate surface area is 139 Å². The Morgan fingerprint density at radius 1 is 0.826 bits per heavy atom. The topological polar surface area (TPSA) is 30.5 Å². The van der Waals surface area contributed by atoms with Crippen LogP contribution >= 0.6 is 0 Å². The van der Waals surface area contributed by atoms with E-state index in [1.165, 1.54) is 11.1 Å². The van der Waals surface area contributed by atoms with Gasteiger partial charge in [0.15, 0.2) is 0 Å². The number of hydrogen-bond acceptors (Lipinski definition) is 3. The van der Waals surface area contributed by atoms with Gasteiger partial charge >= 0.3 is 0 Å². The molecule has 0 aliphatic heterocycles. The summed E-state index contributed by atoms with van der Waals surface area (Å²) in [6.07, 6.45) is -0.0591. The molecule has 0 unspecified atom stereocenters. The van der Waals surface area contributed by atoms with Gasteiger partial charge in [0.2, 0.25) is 0 Å². The minimum Gasteiger partial charge on any atom is -0.382 e. The summed E-state index contributed by atoms with van der Waals surface area (Å²) in [7, 11) is 1.70. The third kappa shape index (κ3) is 5.47. The monoisotopic (exact) mass is 313 g/mol. The van der Waals surface area contributed by atoms with Gasteiger partial charge in [-0.2, -0.15) is 0 Å². The van der Waals surface area contributed by atoms with Crippen LogP contribution in [0.1, 0.15) is 37.1 Å². The van der Waals surface area contributed by atoms with Gasteiger partial charge in [-0.1, -0.05) is 74.5 Å². The van der Waals surface area contributed by atoms with Crippen molar-refractivity contribution >= 4 is 0 Å². The quantitative estimate of drug-likeness (QED) is 0.706. The van der Waals surface area contributed by atoms with Crippen molar-refractivity contribution in [3.63, 3.8) is 0 Å². The van der Waals surface area contributed by atoms with E-state index >= 15 is 0 Å². The van der Waals surface area contributed by atoms with Gasteiger partial charge in [0.05, 0.1) is 19.3 Å². The smallest absolute Gasteiger partial charge is 0.102 e. The average Bonchev–Trinajstić information content (AvgIpc) is 2.58. The molecule has 0 aromatic heterocycles. The summed E-state index contributed by atoms with van der Waals surface area (Å²) in [4.78, 5) is 0. The minimum absolute atomic E-state index is 0.0591. The van der Waals surface area contributed by atoms with Crippen molar-refractivity contribution in [1.29, 1.82) is 0 Å². The molecule has 0 fully saturated rings. The fraction of sp³-hybridized carbons (Fsp3) is 0.400. The van der Waals surface area contributed by atoms with E-state index in [0.717, 1.165) is 0 Å². The molecule has 0 saturated carbocycles. The molecule has 0 aliphatic carbocycles. The highest BCUT2D eigenvalue weighted by Gasteiger charge is 2.26. The van der Waals surface area contributed by atoms with Crippen LogP contribution in [0.5, 0.6) is 0 Å². The van der Waals surface area contributed by atoms with Gasteiger partial charge in [-0.15, -0.1) is 0 Å². The van der Waals surface area contributed by atoms with Crippen LogP contribution in [0.25, 0.3) is 0 Å². The number of benzene rings is 2. The largest absolute Gasteiger partial charge is 0.382 e. The maximum absolute atomic E-state index is 6.20. The molecule has 0 heterocycles. The van der Waals surface area contributed by atoms with Gasteiger partial charge < -0.3 is 14.8 Å². The maximum atomic E-state index is 6.20. The second-order valence-corrected chi connectivity index (χ2v) is 5.90. The number of hydrogen-bond donors (Lipinski definition) is 1. The first-order valence-electron chi connectivity index (χ1n) is 8.19. The Bertz CT molecular complexity index is 542. The molecule has 2 aromatic carbocycles. The van der Waals surface area contributed by atoms with Gasteiger partial charge in [0.25, 0.3) is 0 Å². The highest BCUT2D eigenvalue weighted by Crippen LogP contribution is 2.32. The van der Waals surface area contributed by atoms with Crippen LogP contribution in [0, 0.1) is 0 Å². The summed E-state index contributed by atoms with van der Waals surface area (Å²) < 4.78 is 11.3. The van der Waals surface area contributed by atoms with E-state index in [1.807, 2.05) is 12.1 Å². The summed E-state index contributed by atoms with van der Waals surface area (Å²) in [6.45, 7) is 5.48. The van der Waals surface area contributed by atoms with Gasteiger partial charge in [-0.3, -0.25) is 0 Å². The molecule has 1 N–H and O–H groups in total. The van der Waals surface area contributed by atoms with Gasteiger partial charge in [0, 0.05) is 13.2 Å². The van der Waals surface area contributed by atoms with E-state index < -0.39 is 0 Å². The number of ether oxygens (including phenoxy) is 2. The first kappa shape index (κ1) is 17.7. The lowest BCUT2D eigenvalue weighted by Gasteiger charge is -2.31. The summed E-state index contributed by atoms with van der Waals surface area (Å²) in [5.41, 5.74) is 2.40. The van der Waals surface area contributed by atoms with Crippen molar-refractivity contribution in [3.8, 4) is 0 Å². The predicted octanol–water partition coefficient (Wildman–Crippen LogP) is 4.13. The number of methoxy groups -OCH3 is 1. The van der Waals surface area contributed by atoms with Crippen LogP contribution in [0.2, 0.25) is 0 Å². The van der Waals surface area contributed by atoms with Crippen molar-refractivity contribution in [2.24, 2.45) is 0 Å². The van der Waals surface area contributed by atoms with Gasteiger partial charge in [0.1, 0.15) is 6.10 Å². The van der Waals surface area contributed by atoms with Crippen LogP contribution in [0.3, 0.4) is 0 Å². The molecule has 2 aromatic rings. The Morgan fingerprint density at radius 3 is 1.91 bits per heavy atom. The zero-order valence-electron chi connectivity index (χ0n) is 14.2. The molecule has 0 radical (unpaired) electrons. The molecule has 3 heteroatoms. The second kappa shape index (κ2) is 9.46. The van der Waals surface area contributed by atoms with Crippen LogP contribution in [0.15, 0.2) is 60.7 Å². The lowest BCUT2D eigenvalue weighted by Crippen LogP contribution is -2.34. The lowest BCUT2D eigenvalue weighted by atomic mass is 9.95. The molecule has 3 nitrogen and oxygen atoms in total. The molecule has 0 aliphatic rings.